The highest BCUT2D eigenvalue weighted by molar-refractivity contribution is 5.63. The molecule has 0 amide bonds. The molecule has 0 aliphatic heterocycles. The number of anilines is 2. The molecule has 0 spiro atoms. The molecule has 0 aliphatic carbocycles. The van der Waals surface area contributed by atoms with E-state index in [1.165, 1.54) is 0 Å². The third-order valence-electron chi connectivity index (χ3n) is 2.95. The molecule has 96 valence electrons. The minimum atomic E-state index is -0.386. The average molecular weight is 237 g/mol. The van der Waals surface area contributed by atoms with Gasteiger partial charge in [-0.2, -0.15) is 0 Å². The maximum Gasteiger partial charge on any atom is 0.0662 e. The fourth-order valence-electron chi connectivity index (χ4n) is 1.96. The molecule has 1 rings (SSSR count). The van der Waals surface area contributed by atoms with Crippen molar-refractivity contribution in [3.05, 3.63) is 23.3 Å². The van der Waals surface area contributed by atoms with Gasteiger partial charge >= 0.3 is 0 Å². The van der Waals surface area contributed by atoms with Crippen molar-refractivity contribution in [2.75, 3.05) is 18.0 Å². The van der Waals surface area contributed by atoms with Crippen molar-refractivity contribution >= 4 is 11.4 Å². The van der Waals surface area contributed by atoms with Crippen LogP contribution in [0, 0.1) is 6.92 Å². The first-order chi connectivity index (χ1) is 8.04. The van der Waals surface area contributed by atoms with Crippen molar-refractivity contribution in [1.29, 1.82) is 0 Å². The molecule has 1 aromatic carbocycles. The largest absolute Gasteiger partial charge is 0.398 e. The molecular formula is C13H23N3O. The number of benzene rings is 1. The van der Waals surface area contributed by atoms with Crippen LogP contribution in [0.5, 0.6) is 0 Å². The Labute approximate surface area is 103 Å². The van der Waals surface area contributed by atoms with Gasteiger partial charge in [0.1, 0.15) is 0 Å². The van der Waals surface area contributed by atoms with E-state index in [0.717, 1.165) is 48.2 Å². The van der Waals surface area contributed by atoms with Gasteiger partial charge in [0, 0.05) is 17.9 Å². The molecule has 0 saturated carbocycles. The van der Waals surface area contributed by atoms with E-state index in [-0.39, 0.29) is 6.10 Å². The van der Waals surface area contributed by atoms with Crippen LogP contribution in [-0.2, 0) is 6.42 Å². The Bertz CT molecular complexity index is 343. The molecule has 0 aliphatic rings. The quantitative estimate of drug-likeness (QED) is 0.441. The molecule has 0 aromatic heterocycles. The van der Waals surface area contributed by atoms with Crippen molar-refractivity contribution < 1.29 is 5.11 Å². The van der Waals surface area contributed by atoms with Crippen LogP contribution in [0.3, 0.4) is 0 Å². The van der Waals surface area contributed by atoms with E-state index in [2.05, 4.69) is 0 Å². The minimum absolute atomic E-state index is 0.328. The van der Waals surface area contributed by atoms with E-state index in [0.29, 0.717) is 6.54 Å². The standard InChI is InChI=1S/C13H23N3O/c1-9-6-12(15)11(13(16)7-9)5-3-2-4-10(17)8-14/h6-7,10,17H,2-5,8,14-16H2,1H3. The molecule has 0 radical (unpaired) electrons. The van der Waals surface area contributed by atoms with E-state index < -0.39 is 0 Å². The van der Waals surface area contributed by atoms with Crippen molar-refractivity contribution in [3.63, 3.8) is 0 Å². The smallest absolute Gasteiger partial charge is 0.0662 e. The van der Waals surface area contributed by atoms with Crippen LogP contribution in [0.25, 0.3) is 0 Å². The van der Waals surface area contributed by atoms with E-state index in [9.17, 15) is 5.11 Å². The van der Waals surface area contributed by atoms with Crippen LogP contribution in [0.15, 0.2) is 12.1 Å². The lowest BCUT2D eigenvalue weighted by atomic mass is 10.0. The van der Waals surface area contributed by atoms with E-state index in [1.807, 2.05) is 19.1 Å². The fraction of sp³-hybridized carbons (Fsp3) is 0.538. The Hall–Kier alpha value is -1.26. The monoisotopic (exact) mass is 237 g/mol. The number of hydrogen-bond donors (Lipinski definition) is 4. The van der Waals surface area contributed by atoms with E-state index in [4.69, 9.17) is 17.2 Å². The Kier molecular flexibility index (Phi) is 5.25. The molecule has 7 N–H and O–H groups in total. The van der Waals surface area contributed by atoms with Gasteiger partial charge < -0.3 is 22.3 Å². The molecule has 17 heavy (non-hydrogen) atoms. The normalized spacial score (nSPS) is 12.6. The number of hydrogen-bond acceptors (Lipinski definition) is 4. The summed E-state index contributed by atoms with van der Waals surface area (Å²) >= 11 is 0. The first kappa shape index (κ1) is 13.8. The predicted molar refractivity (Wildman–Crippen MR) is 72.6 cm³/mol. The molecule has 1 atom stereocenters. The molecule has 4 nitrogen and oxygen atoms in total. The van der Waals surface area contributed by atoms with Crippen molar-refractivity contribution in [1.82, 2.24) is 0 Å². The minimum Gasteiger partial charge on any atom is -0.398 e. The number of aryl methyl sites for hydroxylation is 1. The summed E-state index contributed by atoms with van der Waals surface area (Å²) in [4.78, 5) is 0. The number of aliphatic hydroxyl groups excluding tert-OH is 1. The van der Waals surface area contributed by atoms with E-state index in [1.54, 1.807) is 0 Å². The maximum atomic E-state index is 9.33. The molecule has 0 fully saturated rings. The number of rotatable bonds is 6. The van der Waals surface area contributed by atoms with Crippen LogP contribution in [0.1, 0.15) is 30.4 Å². The Morgan fingerprint density at radius 2 is 1.76 bits per heavy atom. The number of nitrogens with two attached hydrogens (primary N) is 3. The molecule has 0 saturated heterocycles. The van der Waals surface area contributed by atoms with Gasteiger partial charge in [-0.25, -0.2) is 0 Å². The number of aliphatic hydroxyl groups is 1. The lowest BCUT2D eigenvalue weighted by molar-refractivity contribution is 0.169. The summed E-state index contributed by atoms with van der Waals surface area (Å²) in [7, 11) is 0. The van der Waals surface area contributed by atoms with Crippen LogP contribution < -0.4 is 17.2 Å². The summed E-state index contributed by atoms with van der Waals surface area (Å²) in [6.45, 7) is 2.31. The summed E-state index contributed by atoms with van der Waals surface area (Å²) in [6, 6.07) is 3.89. The Morgan fingerprint density at radius 3 is 2.29 bits per heavy atom. The summed E-state index contributed by atoms with van der Waals surface area (Å²) in [6.07, 6.45) is 3.11. The Balaban J connectivity index is 2.47. The maximum absolute atomic E-state index is 9.33. The fourth-order valence-corrected chi connectivity index (χ4v) is 1.96. The van der Waals surface area contributed by atoms with Crippen molar-refractivity contribution in [2.45, 2.75) is 38.7 Å². The van der Waals surface area contributed by atoms with Crippen LogP contribution in [0.2, 0.25) is 0 Å². The Morgan fingerprint density at radius 1 is 1.18 bits per heavy atom. The second-order valence-electron chi connectivity index (χ2n) is 4.56. The molecule has 4 heteroatoms. The molecule has 1 unspecified atom stereocenters. The highest BCUT2D eigenvalue weighted by atomic mass is 16.3. The number of nitrogen functional groups attached to an aromatic ring is 2. The van der Waals surface area contributed by atoms with Crippen molar-refractivity contribution in [3.8, 4) is 0 Å². The highest BCUT2D eigenvalue weighted by Crippen LogP contribution is 2.24. The van der Waals surface area contributed by atoms with Crippen LogP contribution >= 0.6 is 0 Å². The van der Waals surface area contributed by atoms with Crippen LogP contribution in [-0.4, -0.2) is 17.8 Å². The van der Waals surface area contributed by atoms with Gasteiger partial charge in [0.2, 0.25) is 0 Å². The number of unbranched alkanes of at least 4 members (excludes halogenated alkanes) is 1. The zero-order valence-electron chi connectivity index (χ0n) is 10.4. The first-order valence-electron chi connectivity index (χ1n) is 6.07. The van der Waals surface area contributed by atoms with Gasteiger partial charge in [-0.1, -0.05) is 6.42 Å². The summed E-state index contributed by atoms with van der Waals surface area (Å²) in [5.41, 5.74) is 20.9. The molecule has 0 bridgehead atoms. The van der Waals surface area contributed by atoms with Gasteiger partial charge in [-0.15, -0.1) is 0 Å². The topological polar surface area (TPSA) is 98.3 Å². The van der Waals surface area contributed by atoms with Gasteiger partial charge in [-0.05, 0) is 49.4 Å². The lowest BCUT2D eigenvalue weighted by Crippen LogP contribution is -2.19. The third-order valence-corrected chi connectivity index (χ3v) is 2.95. The molecular weight excluding hydrogens is 214 g/mol. The second kappa shape index (κ2) is 6.47. The lowest BCUT2D eigenvalue weighted by Gasteiger charge is -2.11. The zero-order valence-corrected chi connectivity index (χ0v) is 10.4. The SMILES string of the molecule is Cc1cc(N)c(CCCCC(O)CN)c(N)c1. The second-order valence-corrected chi connectivity index (χ2v) is 4.56. The predicted octanol–water partition coefficient (Wildman–Crippen LogP) is 1.19. The van der Waals surface area contributed by atoms with Crippen molar-refractivity contribution in [2.24, 2.45) is 5.73 Å². The summed E-state index contributed by atoms with van der Waals surface area (Å²) in [5.74, 6) is 0. The van der Waals surface area contributed by atoms with E-state index >= 15 is 0 Å². The third kappa shape index (κ3) is 4.24. The van der Waals surface area contributed by atoms with Gasteiger partial charge in [0.25, 0.3) is 0 Å². The summed E-state index contributed by atoms with van der Waals surface area (Å²) < 4.78 is 0. The molecule has 0 heterocycles. The zero-order chi connectivity index (χ0) is 12.8. The first-order valence-corrected chi connectivity index (χ1v) is 6.07. The highest BCUT2D eigenvalue weighted by Gasteiger charge is 2.06. The molecule has 1 aromatic rings. The summed E-state index contributed by atoms with van der Waals surface area (Å²) in [5, 5.41) is 9.33. The van der Waals surface area contributed by atoms with Gasteiger partial charge in [0.05, 0.1) is 6.10 Å². The average Bonchev–Trinajstić information content (AvgIpc) is 2.26. The van der Waals surface area contributed by atoms with Crippen LogP contribution in [0.4, 0.5) is 11.4 Å². The van der Waals surface area contributed by atoms with Gasteiger partial charge in [-0.3, -0.25) is 0 Å². The van der Waals surface area contributed by atoms with Gasteiger partial charge in [0.15, 0.2) is 0 Å².